The van der Waals surface area contributed by atoms with E-state index in [4.69, 9.17) is 5.11 Å². The van der Waals surface area contributed by atoms with Crippen LogP contribution in [0.15, 0.2) is 18.2 Å². The Morgan fingerprint density at radius 2 is 1.88 bits per heavy atom. The number of hydrogen-bond acceptors (Lipinski definition) is 6. The van der Waals surface area contributed by atoms with E-state index in [-0.39, 0.29) is 29.5 Å². The average Bonchev–Trinajstić information content (AvgIpc) is 2.90. The maximum absolute atomic E-state index is 12.8. The van der Waals surface area contributed by atoms with E-state index in [1.165, 1.54) is 12.1 Å². The number of amides is 2. The number of carbonyl (C=O) groups excluding carboxylic acids is 2. The number of likely N-dealkylation sites (N-methyl/N-ethyl adjacent to an activating group) is 1. The normalized spacial score (nSPS) is 22.6. The number of anilines is 1. The maximum Gasteiger partial charge on any atom is 0.339 e. The molecule has 2 aliphatic rings. The number of imide groups is 1. The van der Waals surface area contributed by atoms with Crippen LogP contribution in [0.25, 0.3) is 0 Å². The van der Waals surface area contributed by atoms with Gasteiger partial charge in [-0.15, -0.1) is 0 Å². The predicted molar refractivity (Wildman–Crippen MR) is 89.7 cm³/mol. The van der Waals surface area contributed by atoms with Crippen molar-refractivity contribution >= 4 is 23.5 Å². The van der Waals surface area contributed by atoms with Gasteiger partial charge in [-0.2, -0.15) is 0 Å². The van der Waals surface area contributed by atoms with Crippen LogP contribution >= 0.6 is 0 Å². The molecular weight excluding hydrogens is 326 g/mol. The highest BCUT2D eigenvalue weighted by molar-refractivity contribution is 6.22. The van der Waals surface area contributed by atoms with Crippen LogP contribution in [0.3, 0.4) is 0 Å². The molecule has 25 heavy (non-hydrogen) atoms. The molecule has 0 saturated carbocycles. The maximum atomic E-state index is 12.8. The molecule has 134 valence electrons. The molecule has 1 atom stereocenters. The minimum atomic E-state index is -1.31. The summed E-state index contributed by atoms with van der Waals surface area (Å²) in [5, 5.41) is 18.7. The third-order valence-electron chi connectivity index (χ3n) is 4.89. The Kier molecular flexibility index (Phi) is 4.73. The Labute approximate surface area is 145 Å². The molecule has 0 bridgehead atoms. The van der Waals surface area contributed by atoms with E-state index >= 15 is 0 Å². The standard InChI is InChI=1S/C17H21N3O5/c1-2-18-5-7-19(8-6-18)13-10-15(22)20(16(13)23)11-3-4-14(21)12(9-11)17(24)25/h3-4,9,13,21H,2,5-8,10H2,1H3,(H,24,25). The van der Waals surface area contributed by atoms with Gasteiger partial charge in [0, 0.05) is 26.2 Å². The van der Waals surface area contributed by atoms with E-state index in [0.717, 1.165) is 43.7 Å². The van der Waals surface area contributed by atoms with Crippen molar-refractivity contribution in [3.8, 4) is 5.75 Å². The molecule has 2 saturated heterocycles. The van der Waals surface area contributed by atoms with Crippen molar-refractivity contribution in [1.29, 1.82) is 0 Å². The highest BCUT2D eigenvalue weighted by atomic mass is 16.4. The van der Waals surface area contributed by atoms with Crippen LogP contribution in [-0.4, -0.2) is 76.6 Å². The minimum absolute atomic E-state index is 0.0915. The fourth-order valence-electron chi connectivity index (χ4n) is 3.40. The number of phenols is 1. The number of hydrogen-bond donors (Lipinski definition) is 2. The van der Waals surface area contributed by atoms with E-state index in [2.05, 4.69) is 11.8 Å². The van der Waals surface area contributed by atoms with Crippen molar-refractivity contribution in [2.24, 2.45) is 0 Å². The summed E-state index contributed by atoms with van der Waals surface area (Å²) in [6.45, 7) is 6.21. The van der Waals surface area contributed by atoms with Gasteiger partial charge in [-0.1, -0.05) is 6.92 Å². The molecule has 1 aromatic carbocycles. The van der Waals surface area contributed by atoms with Gasteiger partial charge in [-0.05, 0) is 24.7 Å². The fraction of sp³-hybridized carbons (Fsp3) is 0.471. The Morgan fingerprint density at radius 3 is 2.48 bits per heavy atom. The molecule has 8 heteroatoms. The molecule has 1 unspecified atom stereocenters. The molecule has 2 N–H and O–H groups in total. The van der Waals surface area contributed by atoms with Gasteiger partial charge in [-0.3, -0.25) is 14.5 Å². The first-order valence-electron chi connectivity index (χ1n) is 8.32. The zero-order valence-corrected chi connectivity index (χ0v) is 14.0. The molecule has 2 amide bonds. The van der Waals surface area contributed by atoms with Crippen LogP contribution in [0, 0.1) is 0 Å². The Morgan fingerprint density at radius 1 is 1.20 bits per heavy atom. The molecule has 2 heterocycles. The SMILES string of the molecule is CCN1CCN(C2CC(=O)N(c3ccc(O)c(C(=O)O)c3)C2=O)CC1. The molecule has 3 rings (SSSR count). The molecule has 0 spiro atoms. The molecule has 2 fully saturated rings. The largest absolute Gasteiger partial charge is 0.507 e. The lowest BCUT2D eigenvalue weighted by atomic mass is 10.1. The summed E-state index contributed by atoms with van der Waals surface area (Å²) in [5.41, 5.74) is -0.155. The number of benzene rings is 1. The minimum Gasteiger partial charge on any atom is -0.507 e. The van der Waals surface area contributed by atoms with E-state index in [9.17, 15) is 19.5 Å². The summed E-state index contributed by atoms with van der Waals surface area (Å²) in [7, 11) is 0. The summed E-state index contributed by atoms with van der Waals surface area (Å²) in [6.07, 6.45) is 0.0915. The molecule has 8 nitrogen and oxygen atoms in total. The highest BCUT2D eigenvalue weighted by Crippen LogP contribution is 2.30. The number of piperazine rings is 1. The van der Waals surface area contributed by atoms with E-state index in [1.54, 1.807) is 0 Å². The zero-order chi connectivity index (χ0) is 18.1. The van der Waals surface area contributed by atoms with Gasteiger partial charge >= 0.3 is 5.97 Å². The molecule has 1 aromatic rings. The molecule has 0 aliphatic carbocycles. The fourth-order valence-corrected chi connectivity index (χ4v) is 3.40. The lowest BCUT2D eigenvalue weighted by Gasteiger charge is -2.36. The summed E-state index contributed by atoms with van der Waals surface area (Å²) in [5.74, 6) is -2.40. The van der Waals surface area contributed by atoms with Crippen molar-refractivity contribution in [2.45, 2.75) is 19.4 Å². The summed E-state index contributed by atoms with van der Waals surface area (Å²) >= 11 is 0. The van der Waals surface area contributed by atoms with Crippen molar-refractivity contribution in [3.05, 3.63) is 23.8 Å². The first-order chi connectivity index (χ1) is 11.9. The van der Waals surface area contributed by atoms with Crippen molar-refractivity contribution < 1.29 is 24.6 Å². The lowest BCUT2D eigenvalue weighted by molar-refractivity contribution is -0.123. The number of carbonyl (C=O) groups is 3. The van der Waals surface area contributed by atoms with E-state index in [1.807, 2.05) is 4.90 Å². The van der Waals surface area contributed by atoms with E-state index in [0.29, 0.717) is 0 Å². The second-order valence-corrected chi connectivity index (χ2v) is 6.26. The number of rotatable bonds is 4. The van der Waals surface area contributed by atoms with Gasteiger partial charge in [0.2, 0.25) is 5.91 Å². The zero-order valence-electron chi connectivity index (χ0n) is 14.0. The van der Waals surface area contributed by atoms with Crippen LogP contribution in [0.5, 0.6) is 5.75 Å². The highest BCUT2D eigenvalue weighted by Gasteiger charge is 2.43. The number of carboxylic acid groups (broad SMARTS) is 1. The van der Waals surface area contributed by atoms with Gasteiger partial charge in [-0.25, -0.2) is 9.69 Å². The van der Waals surface area contributed by atoms with Crippen molar-refractivity contribution in [3.63, 3.8) is 0 Å². The van der Waals surface area contributed by atoms with Crippen LogP contribution in [0.1, 0.15) is 23.7 Å². The predicted octanol–water partition coefficient (Wildman–Crippen LogP) is 0.360. The van der Waals surface area contributed by atoms with Gasteiger partial charge < -0.3 is 15.1 Å². The van der Waals surface area contributed by atoms with Gasteiger partial charge in [0.1, 0.15) is 11.3 Å². The lowest BCUT2D eigenvalue weighted by Crippen LogP contribution is -2.52. The Bertz CT molecular complexity index is 712. The Hall–Kier alpha value is -2.45. The van der Waals surface area contributed by atoms with Gasteiger partial charge in [0.25, 0.3) is 5.91 Å². The third kappa shape index (κ3) is 3.22. The smallest absolute Gasteiger partial charge is 0.339 e. The monoisotopic (exact) mass is 347 g/mol. The van der Waals surface area contributed by atoms with Gasteiger partial charge in [0.15, 0.2) is 0 Å². The number of carboxylic acids is 1. The van der Waals surface area contributed by atoms with Crippen molar-refractivity contribution in [1.82, 2.24) is 9.80 Å². The summed E-state index contributed by atoms with van der Waals surface area (Å²) < 4.78 is 0. The number of aromatic carboxylic acids is 1. The molecule has 2 aliphatic heterocycles. The number of nitrogens with zero attached hydrogens (tertiary/aromatic N) is 3. The third-order valence-corrected chi connectivity index (χ3v) is 4.89. The van der Waals surface area contributed by atoms with E-state index < -0.39 is 17.8 Å². The first-order valence-corrected chi connectivity index (χ1v) is 8.32. The molecular formula is C17H21N3O5. The topological polar surface area (TPSA) is 101 Å². The van der Waals surface area contributed by atoms with Crippen LogP contribution in [-0.2, 0) is 9.59 Å². The van der Waals surface area contributed by atoms with Gasteiger partial charge in [0.05, 0.1) is 18.2 Å². The second kappa shape index (κ2) is 6.81. The number of aromatic hydroxyl groups is 1. The first kappa shape index (κ1) is 17.4. The van der Waals surface area contributed by atoms with Crippen LogP contribution < -0.4 is 4.90 Å². The van der Waals surface area contributed by atoms with Crippen LogP contribution in [0.2, 0.25) is 0 Å². The summed E-state index contributed by atoms with van der Waals surface area (Å²) in [4.78, 5) is 41.7. The average molecular weight is 347 g/mol. The van der Waals surface area contributed by atoms with Crippen LogP contribution in [0.4, 0.5) is 5.69 Å². The second-order valence-electron chi connectivity index (χ2n) is 6.26. The summed E-state index contributed by atoms with van der Waals surface area (Å²) in [6, 6.07) is 3.22. The molecule has 0 aromatic heterocycles. The Balaban J connectivity index is 1.80. The quantitative estimate of drug-likeness (QED) is 0.758. The van der Waals surface area contributed by atoms with Crippen molar-refractivity contribution in [2.75, 3.05) is 37.6 Å². The molecule has 0 radical (unpaired) electrons.